The van der Waals surface area contributed by atoms with Crippen molar-refractivity contribution in [2.45, 2.75) is 58.8 Å². The van der Waals surface area contributed by atoms with E-state index in [0.717, 1.165) is 79.5 Å². The molecule has 0 radical (unpaired) electrons. The lowest BCUT2D eigenvalue weighted by Crippen LogP contribution is -2.17. The Bertz CT molecular complexity index is 2690. The van der Waals surface area contributed by atoms with Crippen molar-refractivity contribution in [1.29, 1.82) is 0 Å². The van der Waals surface area contributed by atoms with Gasteiger partial charge in [-0.15, -0.1) is 0 Å². The molecule has 0 spiro atoms. The first-order valence-electron chi connectivity index (χ1n) is 20.4. The van der Waals surface area contributed by atoms with Gasteiger partial charge in [0.25, 0.3) is 0 Å². The molecule has 0 aliphatic heterocycles. The Kier molecular flexibility index (Phi) is 10.7. The lowest BCUT2D eigenvalue weighted by Gasteiger charge is -2.27. The minimum absolute atomic E-state index is 0.130. The molecule has 0 atom stereocenters. The van der Waals surface area contributed by atoms with E-state index in [0.29, 0.717) is 0 Å². The molecule has 8 aromatic rings. The smallest absolute Gasteiger partial charge is 0.138 e. The molecule has 6 aromatic carbocycles. The summed E-state index contributed by atoms with van der Waals surface area (Å²) in [7, 11) is 0. The van der Waals surface area contributed by atoms with Gasteiger partial charge in [-0.1, -0.05) is 163 Å². The second-order valence-electron chi connectivity index (χ2n) is 17.4. The molecule has 1 N–H and O–H groups in total. The van der Waals surface area contributed by atoms with Crippen molar-refractivity contribution >= 4 is 17.2 Å². The summed E-state index contributed by atoms with van der Waals surface area (Å²) in [5.41, 5.74) is 13.7. The zero-order chi connectivity index (χ0) is 41.1. The van der Waals surface area contributed by atoms with Gasteiger partial charge < -0.3 is 5.11 Å². The maximum atomic E-state index is 12.0. The molecule has 0 aliphatic carbocycles. The van der Waals surface area contributed by atoms with Gasteiger partial charge in [-0.25, -0.2) is 9.97 Å². The molecule has 2 heterocycles. The summed E-state index contributed by atoms with van der Waals surface area (Å²) in [5, 5.41) is 12.0. The first kappa shape index (κ1) is 39.1. The number of anilines is 3. The molecule has 4 nitrogen and oxygen atoms in total. The molecular weight excluding hydrogens is 719 g/mol. The third-order valence-electron chi connectivity index (χ3n) is 10.9. The minimum Gasteiger partial charge on any atom is -0.507 e. The second kappa shape index (κ2) is 16.2. The third-order valence-corrected chi connectivity index (χ3v) is 10.9. The van der Waals surface area contributed by atoms with Crippen molar-refractivity contribution in [3.8, 4) is 50.5 Å². The van der Waals surface area contributed by atoms with E-state index < -0.39 is 0 Å². The number of phenolic OH excluding ortho intramolecular Hbond substituents is 1. The van der Waals surface area contributed by atoms with Crippen LogP contribution in [0.3, 0.4) is 0 Å². The Labute approximate surface area is 349 Å². The molecular formula is C55H51N3O. The average Bonchev–Trinajstić information content (AvgIpc) is 3.24. The van der Waals surface area contributed by atoms with E-state index in [-0.39, 0.29) is 16.6 Å². The van der Waals surface area contributed by atoms with Crippen molar-refractivity contribution in [2.24, 2.45) is 0 Å². The van der Waals surface area contributed by atoms with Gasteiger partial charge in [0.05, 0.1) is 11.4 Å². The highest BCUT2D eigenvalue weighted by molar-refractivity contribution is 5.83. The van der Waals surface area contributed by atoms with Crippen LogP contribution in [0.1, 0.15) is 63.8 Å². The maximum absolute atomic E-state index is 12.0. The van der Waals surface area contributed by atoms with Crippen LogP contribution in [0, 0.1) is 0 Å². The van der Waals surface area contributed by atoms with Crippen LogP contribution in [-0.4, -0.2) is 15.1 Å². The summed E-state index contributed by atoms with van der Waals surface area (Å²) in [6.07, 6.45) is 2.79. The van der Waals surface area contributed by atoms with E-state index in [9.17, 15) is 5.11 Å². The Hall–Kier alpha value is -6.78. The zero-order valence-electron chi connectivity index (χ0n) is 34.8. The van der Waals surface area contributed by atoms with Crippen LogP contribution in [0.4, 0.5) is 17.2 Å². The lowest BCUT2D eigenvalue weighted by molar-refractivity contribution is 0.446. The Balaban J connectivity index is 1.23. The first-order chi connectivity index (χ1) is 28.4. The van der Waals surface area contributed by atoms with Crippen LogP contribution in [-0.2, 0) is 17.3 Å². The molecule has 59 heavy (non-hydrogen) atoms. The predicted molar refractivity (Wildman–Crippen MR) is 247 cm³/mol. The fourth-order valence-electron chi connectivity index (χ4n) is 7.61. The summed E-state index contributed by atoms with van der Waals surface area (Å²) in [6, 6.07) is 61.5. The van der Waals surface area contributed by atoms with Crippen molar-refractivity contribution in [3.63, 3.8) is 0 Å². The summed E-state index contributed by atoms with van der Waals surface area (Å²) < 4.78 is 0. The van der Waals surface area contributed by atoms with E-state index in [1.165, 1.54) is 11.1 Å². The van der Waals surface area contributed by atoms with E-state index in [2.05, 4.69) is 210 Å². The van der Waals surface area contributed by atoms with Crippen molar-refractivity contribution < 1.29 is 5.11 Å². The summed E-state index contributed by atoms with van der Waals surface area (Å²) in [6.45, 7) is 13.1. The highest BCUT2D eigenvalue weighted by Crippen LogP contribution is 2.44. The fourth-order valence-corrected chi connectivity index (χ4v) is 7.61. The molecule has 0 saturated heterocycles. The monoisotopic (exact) mass is 769 g/mol. The van der Waals surface area contributed by atoms with E-state index in [4.69, 9.17) is 9.97 Å². The third kappa shape index (κ3) is 8.73. The Morgan fingerprint density at radius 2 is 1.07 bits per heavy atom. The van der Waals surface area contributed by atoms with Crippen LogP contribution in [0.5, 0.6) is 5.75 Å². The number of aromatic nitrogens is 2. The van der Waals surface area contributed by atoms with Crippen LogP contribution in [0.2, 0.25) is 0 Å². The number of phenols is 1. The number of hydrogen-bond donors (Lipinski definition) is 1. The average molecular weight is 770 g/mol. The number of aromatic hydroxyl groups is 1. The van der Waals surface area contributed by atoms with Gasteiger partial charge in [-0.3, -0.25) is 4.90 Å². The molecule has 0 fully saturated rings. The number of hydrogen-bond acceptors (Lipinski definition) is 4. The van der Waals surface area contributed by atoms with Gasteiger partial charge in [0.1, 0.15) is 11.6 Å². The molecule has 0 amide bonds. The van der Waals surface area contributed by atoms with Gasteiger partial charge in [-0.2, -0.15) is 0 Å². The first-order valence-corrected chi connectivity index (χ1v) is 20.4. The predicted octanol–water partition coefficient (Wildman–Crippen LogP) is 14.5. The quantitative estimate of drug-likeness (QED) is 0.159. The van der Waals surface area contributed by atoms with Crippen LogP contribution in [0.25, 0.3) is 44.8 Å². The topological polar surface area (TPSA) is 49.2 Å². The maximum Gasteiger partial charge on any atom is 0.138 e. The normalized spacial score (nSPS) is 11.7. The summed E-state index contributed by atoms with van der Waals surface area (Å²) >= 11 is 0. The second-order valence-corrected chi connectivity index (χ2v) is 17.4. The van der Waals surface area contributed by atoms with Crippen LogP contribution < -0.4 is 4.90 Å². The van der Waals surface area contributed by atoms with Gasteiger partial charge in [0.2, 0.25) is 0 Å². The van der Waals surface area contributed by atoms with Crippen LogP contribution in [0.15, 0.2) is 182 Å². The van der Waals surface area contributed by atoms with E-state index in [1.54, 1.807) is 0 Å². The number of para-hydroxylation sites is 1. The largest absolute Gasteiger partial charge is 0.507 e. The van der Waals surface area contributed by atoms with Crippen LogP contribution >= 0.6 is 0 Å². The van der Waals surface area contributed by atoms with Crippen molar-refractivity contribution in [1.82, 2.24) is 9.97 Å². The van der Waals surface area contributed by atoms with E-state index >= 15 is 0 Å². The lowest BCUT2D eigenvalue weighted by atomic mass is 9.78. The SMILES string of the molecule is CC(C)(C)c1cc(-c2cc(-c3ccccc3)cc(-c3cccc(N(c4ccccc4)c4cc(-c5ccc(Cc6ccccc6)cc5)ccn4)c3)n2)c(O)c(C(C)(C)C)c1. The molecule has 0 saturated carbocycles. The Morgan fingerprint density at radius 1 is 0.475 bits per heavy atom. The minimum atomic E-state index is -0.271. The molecule has 8 rings (SSSR count). The molecule has 0 aliphatic rings. The summed E-state index contributed by atoms with van der Waals surface area (Å²) in [5.74, 6) is 1.08. The molecule has 2 aromatic heterocycles. The number of rotatable bonds is 9. The molecule has 292 valence electrons. The fraction of sp³-hybridized carbons (Fsp3) is 0.164. The van der Waals surface area contributed by atoms with Gasteiger partial charge in [0, 0.05) is 34.3 Å². The zero-order valence-corrected chi connectivity index (χ0v) is 34.8. The molecule has 0 unspecified atom stereocenters. The highest BCUT2D eigenvalue weighted by Gasteiger charge is 2.26. The summed E-state index contributed by atoms with van der Waals surface area (Å²) in [4.78, 5) is 12.5. The van der Waals surface area contributed by atoms with Gasteiger partial charge in [0.15, 0.2) is 0 Å². The number of pyridine rings is 2. The molecule has 4 heteroatoms. The molecule has 0 bridgehead atoms. The highest BCUT2D eigenvalue weighted by atomic mass is 16.3. The van der Waals surface area contributed by atoms with Crippen molar-refractivity contribution in [3.05, 3.63) is 204 Å². The number of benzene rings is 6. The van der Waals surface area contributed by atoms with E-state index in [1.807, 2.05) is 18.3 Å². The van der Waals surface area contributed by atoms with Crippen molar-refractivity contribution in [2.75, 3.05) is 4.90 Å². The Morgan fingerprint density at radius 3 is 1.75 bits per heavy atom. The van der Waals surface area contributed by atoms with Gasteiger partial charge >= 0.3 is 0 Å². The standard InChI is InChI=1S/C55H51N3O/c1-54(2,3)45-36-48(53(59)49(37-45)55(4,5)6)51-34-44(40-19-12-8-13-20-40)33-50(57-51)43-21-16-24-47(32-43)58(46-22-14-9-15-23-46)52-35-42(29-30-56-52)41-27-25-39(26-28-41)31-38-17-10-7-11-18-38/h7-30,32-37,59H,31H2,1-6H3. The number of nitrogens with zero attached hydrogens (tertiary/aromatic N) is 3. The van der Waals surface area contributed by atoms with Gasteiger partial charge in [-0.05, 0) is 111 Å².